The van der Waals surface area contributed by atoms with Gasteiger partial charge in [-0.3, -0.25) is 0 Å². The van der Waals surface area contributed by atoms with Crippen molar-refractivity contribution in [1.82, 2.24) is 0 Å². The lowest BCUT2D eigenvalue weighted by Gasteiger charge is -2.30. The molecule has 2 aliphatic heterocycles. The van der Waals surface area contributed by atoms with Gasteiger partial charge in [0.05, 0.1) is 12.7 Å². The van der Waals surface area contributed by atoms with E-state index in [-0.39, 0.29) is 12.9 Å². The number of fused-ring (bicyclic) bond motifs is 3. The van der Waals surface area contributed by atoms with Gasteiger partial charge in [-0.15, -0.1) is 0 Å². The van der Waals surface area contributed by atoms with Crippen LogP contribution in [0.25, 0.3) is 0 Å². The Morgan fingerprint density at radius 1 is 1.35 bits per heavy atom. The summed E-state index contributed by atoms with van der Waals surface area (Å²) in [5, 5.41) is 9.96. The monoisotopic (exact) mass is 236 g/mol. The van der Waals surface area contributed by atoms with Crippen LogP contribution < -0.4 is 9.47 Å². The minimum Gasteiger partial charge on any atom is -0.454 e. The van der Waals surface area contributed by atoms with Gasteiger partial charge in [0, 0.05) is 5.56 Å². The lowest BCUT2D eigenvalue weighted by atomic mass is 9.92. The van der Waals surface area contributed by atoms with Crippen molar-refractivity contribution in [3.8, 4) is 11.5 Å². The number of hydrogen-bond acceptors (Lipinski definition) is 4. The number of ether oxygens (including phenoxy) is 3. The fraction of sp³-hybridized carbons (Fsp3) is 0.538. The predicted molar refractivity (Wildman–Crippen MR) is 61.1 cm³/mol. The number of aliphatic hydroxyl groups excluding tert-OH is 1. The minimum atomic E-state index is -0.562. The molecule has 0 saturated carbocycles. The van der Waals surface area contributed by atoms with Gasteiger partial charge < -0.3 is 19.3 Å². The highest BCUT2D eigenvalue weighted by molar-refractivity contribution is 5.54. The molecule has 3 rings (SSSR count). The molecule has 0 bridgehead atoms. The summed E-state index contributed by atoms with van der Waals surface area (Å²) in [7, 11) is 0. The molecule has 0 fully saturated rings. The van der Waals surface area contributed by atoms with Crippen molar-refractivity contribution in [2.45, 2.75) is 32.0 Å². The SMILES string of the molecule is CCC[C@@H]1OC[C@@H](O)c2ccc3c(c21)OCO3. The predicted octanol–water partition coefficient (Wildman–Crippen LogP) is 2.32. The summed E-state index contributed by atoms with van der Waals surface area (Å²) in [6.45, 7) is 2.73. The van der Waals surface area contributed by atoms with Gasteiger partial charge >= 0.3 is 0 Å². The van der Waals surface area contributed by atoms with Gasteiger partial charge in [-0.1, -0.05) is 19.4 Å². The third-order valence-electron chi connectivity index (χ3n) is 3.30. The second-order valence-corrected chi connectivity index (χ2v) is 4.43. The molecule has 2 aliphatic rings. The van der Waals surface area contributed by atoms with E-state index in [1.807, 2.05) is 12.1 Å². The van der Waals surface area contributed by atoms with Crippen LogP contribution in [0.3, 0.4) is 0 Å². The van der Waals surface area contributed by atoms with E-state index in [1.54, 1.807) is 0 Å². The van der Waals surface area contributed by atoms with E-state index in [1.165, 1.54) is 0 Å². The molecule has 0 radical (unpaired) electrons. The standard InChI is InChI=1S/C13H16O4/c1-2-3-10-12-8(9(14)6-15-10)4-5-11-13(12)17-7-16-11/h4-5,9-10,14H,2-3,6-7H2,1H3/t9-,10+/m1/s1. The van der Waals surface area contributed by atoms with Crippen molar-refractivity contribution in [3.05, 3.63) is 23.3 Å². The summed E-state index contributed by atoms with van der Waals surface area (Å²) >= 11 is 0. The summed E-state index contributed by atoms with van der Waals surface area (Å²) < 4.78 is 16.6. The Morgan fingerprint density at radius 3 is 3.06 bits per heavy atom. The summed E-state index contributed by atoms with van der Waals surface area (Å²) in [6.07, 6.45) is 1.41. The van der Waals surface area contributed by atoms with Crippen LogP contribution in [0.4, 0.5) is 0 Å². The maximum Gasteiger partial charge on any atom is 0.231 e. The molecular formula is C13H16O4. The Bertz CT molecular complexity index is 430. The van der Waals surface area contributed by atoms with Crippen molar-refractivity contribution in [3.63, 3.8) is 0 Å². The van der Waals surface area contributed by atoms with Crippen LogP contribution in [-0.4, -0.2) is 18.5 Å². The van der Waals surface area contributed by atoms with Gasteiger partial charge in [0.2, 0.25) is 6.79 Å². The van der Waals surface area contributed by atoms with Crippen LogP contribution in [0.2, 0.25) is 0 Å². The second kappa shape index (κ2) is 4.20. The van der Waals surface area contributed by atoms with Gasteiger partial charge in [0.1, 0.15) is 6.10 Å². The Balaban J connectivity index is 2.09. The van der Waals surface area contributed by atoms with Crippen molar-refractivity contribution in [1.29, 1.82) is 0 Å². The highest BCUT2D eigenvalue weighted by Crippen LogP contribution is 2.47. The fourth-order valence-electron chi connectivity index (χ4n) is 2.50. The molecule has 4 heteroatoms. The molecule has 1 aromatic carbocycles. The van der Waals surface area contributed by atoms with Gasteiger partial charge in [-0.2, -0.15) is 0 Å². The topological polar surface area (TPSA) is 47.9 Å². The summed E-state index contributed by atoms with van der Waals surface area (Å²) in [4.78, 5) is 0. The van der Waals surface area contributed by atoms with E-state index >= 15 is 0 Å². The number of hydrogen-bond donors (Lipinski definition) is 1. The molecule has 0 saturated heterocycles. The first-order valence-corrected chi connectivity index (χ1v) is 6.03. The average Bonchev–Trinajstić information content (AvgIpc) is 2.80. The third-order valence-corrected chi connectivity index (χ3v) is 3.30. The first-order valence-electron chi connectivity index (χ1n) is 6.03. The molecule has 2 heterocycles. The van der Waals surface area contributed by atoms with Crippen LogP contribution in [0, 0.1) is 0 Å². The summed E-state index contributed by atoms with van der Waals surface area (Å²) in [5.41, 5.74) is 1.89. The van der Waals surface area contributed by atoms with Gasteiger partial charge in [0.25, 0.3) is 0 Å². The Hall–Kier alpha value is -1.26. The lowest BCUT2D eigenvalue weighted by Crippen LogP contribution is -2.21. The number of rotatable bonds is 2. The van der Waals surface area contributed by atoms with Crippen LogP contribution in [0.1, 0.15) is 43.1 Å². The van der Waals surface area contributed by atoms with E-state index in [0.29, 0.717) is 6.61 Å². The van der Waals surface area contributed by atoms with Gasteiger partial charge in [0.15, 0.2) is 11.5 Å². The first kappa shape index (κ1) is 10.9. The van der Waals surface area contributed by atoms with Crippen LogP contribution in [-0.2, 0) is 4.74 Å². The zero-order valence-corrected chi connectivity index (χ0v) is 9.81. The number of benzene rings is 1. The highest BCUT2D eigenvalue weighted by atomic mass is 16.7. The molecule has 0 aromatic heterocycles. The van der Waals surface area contributed by atoms with Crippen molar-refractivity contribution in [2.24, 2.45) is 0 Å². The van der Waals surface area contributed by atoms with Crippen molar-refractivity contribution >= 4 is 0 Å². The summed E-state index contributed by atoms with van der Waals surface area (Å²) in [5.74, 6) is 1.50. The highest BCUT2D eigenvalue weighted by Gasteiger charge is 2.33. The molecule has 0 aliphatic carbocycles. The largest absolute Gasteiger partial charge is 0.454 e. The third kappa shape index (κ3) is 1.68. The van der Waals surface area contributed by atoms with E-state index in [9.17, 15) is 5.11 Å². The molecule has 2 atom stereocenters. The average molecular weight is 236 g/mol. The number of aliphatic hydroxyl groups is 1. The molecule has 17 heavy (non-hydrogen) atoms. The van der Waals surface area contributed by atoms with Crippen LogP contribution in [0.15, 0.2) is 12.1 Å². The molecule has 0 spiro atoms. The quantitative estimate of drug-likeness (QED) is 0.856. The second-order valence-electron chi connectivity index (χ2n) is 4.43. The molecular weight excluding hydrogens is 220 g/mol. The first-order chi connectivity index (χ1) is 8.31. The molecule has 1 aromatic rings. The molecule has 0 unspecified atom stereocenters. The van der Waals surface area contributed by atoms with Crippen molar-refractivity contribution in [2.75, 3.05) is 13.4 Å². The van der Waals surface area contributed by atoms with E-state index in [4.69, 9.17) is 14.2 Å². The minimum absolute atomic E-state index is 0.00931. The molecule has 4 nitrogen and oxygen atoms in total. The van der Waals surface area contributed by atoms with Crippen LogP contribution >= 0.6 is 0 Å². The smallest absolute Gasteiger partial charge is 0.231 e. The van der Waals surface area contributed by atoms with Gasteiger partial charge in [-0.05, 0) is 18.1 Å². The van der Waals surface area contributed by atoms with E-state index < -0.39 is 6.10 Å². The van der Waals surface area contributed by atoms with E-state index in [0.717, 1.165) is 35.5 Å². The maximum absolute atomic E-state index is 9.96. The fourth-order valence-corrected chi connectivity index (χ4v) is 2.50. The lowest BCUT2D eigenvalue weighted by molar-refractivity contribution is -0.0350. The normalized spacial score (nSPS) is 25.8. The van der Waals surface area contributed by atoms with Crippen molar-refractivity contribution < 1.29 is 19.3 Å². The molecule has 0 amide bonds. The Kier molecular flexibility index (Phi) is 2.68. The molecule has 1 N–H and O–H groups in total. The Labute approximate surface area is 100 Å². The van der Waals surface area contributed by atoms with Crippen LogP contribution in [0.5, 0.6) is 11.5 Å². The summed E-state index contributed by atoms with van der Waals surface area (Å²) in [6, 6.07) is 3.78. The van der Waals surface area contributed by atoms with E-state index in [2.05, 4.69) is 6.92 Å². The zero-order chi connectivity index (χ0) is 11.8. The molecule has 92 valence electrons. The maximum atomic E-state index is 9.96. The Morgan fingerprint density at radius 2 is 2.24 bits per heavy atom. The zero-order valence-electron chi connectivity index (χ0n) is 9.81. The van der Waals surface area contributed by atoms with Gasteiger partial charge in [-0.25, -0.2) is 0 Å².